The number of nitrogens with one attached hydrogen (secondary N) is 1. The molecule has 0 radical (unpaired) electrons. The van der Waals surface area contributed by atoms with Crippen LogP contribution in [0.15, 0.2) is 10.6 Å². The molecule has 112 valence electrons. The molecule has 0 saturated heterocycles. The molecule has 0 bridgehead atoms. The van der Waals surface area contributed by atoms with Crippen LogP contribution in [0.3, 0.4) is 0 Å². The van der Waals surface area contributed by atoms with Gasteiger partial charge in [-0.2, -0.15) is 0 Å². The van der Waals surface area contributed by atoms with Gasteiger partial charge in [0.05, 0.1) is 12.2 Å². The molecule has 0 aromatic carbocycles. The predicted molar refractivity (Wildman–Crippen MR) is 69.4 cm³/mol. The van der Waals surface area contributed by atoms with Crippen LogP contribution in [-0.2, 0) is 17.9 Å². The number of aryl methyl sites for hydroxylation is 2. The summed E-state index contributed by atoms with van der Waals surface area (Å²) in [5, 5.41) is 22.3. The van der Waals surface area contributed by atoms with Gasteiger partial charge >= 0.3 is 5.97 Å². The summed E-state index contributed by atoms with van der Waals surface area (Å²) < 4.78 is 6.12. The number of aromatic nitrogens is 4. The number of rotatable bonds is 6. The van der Waals surface area contributed by atoms with Crippen LogP contribution in [0.5, 0.6) is 0 Å². The molecule has 10 nitrogen and oxygen atoms in total. The van der Waals surface area contributed by atoms with E-state index in [0.29, 0.717) is 11.6 Å². The van der Waals surface area contributed by atoms with Gasteiger partial charge in [-0.05, 0) is 6.92 Å². The van der Waals surface area contributed by atoms with E-state index in [1.165, 1.54) is 4.68 Å². The van der Waals surface area contributed by atoms with Gasteiger partial charge in [-0.3, -0.25) is 4.79 Å². The van der Waals surface area contributed by atoms with Crippen molar-refractivity contribution >= 4 is 17.7 Å². The molecule has 0 saturated carbocycles. The zero-order chi connectivity index (χ0) is 15.4. The van der Waals surface area contributed by atoms with E-state index in [0.717, 1.165) is 0 Å². The zero-order valence-electron chi connectivity index (χ0n) is 11.2. The Hall–Kier alpha value is -2.75. The lowest BCUT2D eigenvalue weighted by atomic mass is 10.3. The van der Waals surface area contributed by atoms with E-state index in [9.17, 15) is 9.59 Å². The van der Waals surface area contributed by atoms with Crippen LogP contribution in [0.2, 0.25) is 0 Å². The molecule has 1 amide bonds. The largest absolute Gasteiger partial charge is 0.476 e. The van der Waals surface area contributed by atoms with E-state index in [-0.39, 0.29) is 36.8 Å². The summed E-state index contributed by atoms with van der Waals surface area (Å²) in [5.74, 6) is -0.609. The van der Waals surface area contributed by atoms with Gasteiger partial charge in [-0.15, -0.1) is 5.10 Å². The Morgan fingerprint density at radius 3 is 2.86 bits per heavy atom. The smallest absolute Gasteiger partial charge is 0.358 e. The lowest BCUT2D eigenvalue weighted by Gasteiger charge is -2.04. The molecule has 0 aliphatic heterocycles. The molecule has 2 heterocycles. The first-order valence-electron chi connectivity index (χ1n) is 6.10. The van der Waals surface area contributed by atoms with Gasteiger partial charge in [0.25, 0.3) is 0 Å². The molecule has 0 unspecified atom stereocenters. The van der Waals surface area contributed by atoms with E-state index in [1.54, 1.807) is 13.0 Å². The van der Waals surface area contributed by atoms with Crippen molar-refractivity contribution < 1.29 is 19.2 Å². The average molecular weight is 294 g/mol. The van der Waals surface area contributed by atoms with Crippen molar-refractivity contribution in [2.24, 2.45) is 5.73 Å². The predicted octanol–water partition coefficient (Wildman–Crippen LogP) is -0.240. The minimum atomic E-state index is -1.20. The molecule has 0 spiro atoms. The van der Waals surface area contributed by atoms with Crippen LogP contribution >= 0.6 is 0 Å². The molecule has 0 aliphatic carbocycles. The standard InChI is InChI=1S/C11H14N6O4/c1-6-4-8(15-21-6)13-9(18)2-3-17-7(5-12)10(11(19)20)14-16-17/h4H,2-3,5,12H2,1H3,(H,19,20)(H,13,15,18). The zero-order valence-corrected chi connectivity index (χ0v) is 11.2. The maximum atomic E-state index is 11.7. The Morgan fingerprint density at radius 2 is 2.29 bits per heavy atom. The average Bonchev–Trinajstić information content (AvgIpc) is 3.02. The number of carbonyl (C=O) groups excluding carboxylic acids is 1. The lowest BCUT2D eigenvalue weighted by Crippen LogP contribution is -2.18. The maximum absolute atomic E-state index is 11.7. The second kappa shape index (κ2) is 6.13. The van der Waals surface area contributed by atoms with Gasteiger partial charge in [0.2, 0.25) is 5.91 Å². The van der Waals surface area contributed by atoms with Crippen LogP contribution < -0.4 is 11.1 Å². The summed E-state index contributed by atoms with van der Waals surface area (Å²) in [6, 6.07) is 1.58. The number of anilines is 1. The van der Waals surface area contributed by atoms with Gasteiger partial charge in [-0.25, -0.2) is 9.48 Å². The van der Waals surface area contributed by atoms with Crippen molar-refractivity contribution in [3.63, 3.8) is 0 Å². The van der Waals surface area contributed by atoms with Crippen molar-refractivity contribution in [3.05, 3.63) is 23.2 Å². The third-order valence-corrected chi connectivity index (χ3v) is 2.68. The summed E-state index contributed by atoms with van der Waals surface area (Å²) in [6.07, 6.45) is 0.0708. The van der Waals surface area contributed by atoms with E-state index in [1.807, 2.05) is 0 Å². The fourth-order valence-electron chi connectivity index (χ4n) is 1.72. The quantitative estimate of drug-likeness (QED) is 0.660. The maximum Gasteiger partial charge on any atom is 0.358 e. The monoisotopic (exact) mass is 294 g/mol. The highest BCUT2D eigenvalue weighted by Crippen LogP contribution is 2.09. The molecule has 4 N–H and O–H groups in total. The molecular formula is C11H14N6O4. The van der Waals surface area contributed by atoms with Crippen molar-refractivity contribution in [2.45, 2.75) is 26.4 Å². The van der Waals surface area contributed by atoms with Gasteiger partial charge in [0.1, 0.15) is 5.76 Å². The summed E-state index contributed by atoms with van der Waals surface area (Å²) in [4.78, 5) is 22.6. The van der Waals surface area contributed by atoms with E-state index < -0.39 is 5.97 Å². The molecule has 21 heavy (non-hydrogen) atoms. The molecular weight excluding hydrogens is 280 g/mol. The Kier molecular flexibility index (Phi) is 4.28. The number of hydrogen-bond acceptors (Lipinski definition) is 7. The van der Waals surface area contributed by atoms with Crippen molar-refractivity contribution in [2.75, 3.05) is 5.32 Å². The fourth-order valence-corrected chi connectivity index (χ4v) is 1.72. The van der Waals surface area contributed by atoms with Gasteiger partial charge in [0, 0.05) is 19.0 Å². The first kappa shape index (κ1) is 14.7. The summed E-state index contributed by atoms with van der Waals surface area (Å²) in [6.45, 7) is 1.84. The van der Waals surface area contributed by atoms with Crippen LogP contribution in [0.4, 0.5) is 5.82 Å². The van der Waals surface area contributed by atoms with E-state index >= 15 is 0 Å². The summed E-state index contributed by atoms with van der Waals surface area (Å²) in [7, 11) is 0. The number of aromatic carboxylic acids is 1. The minimum Gasteiger partial charge on any atom is -0.476 e. The van der Waals surface area contributed by atoms with Crippen LogP contribution in [-0.4, -0.2) is 37.1 Å². The molecule has 2 aromatic heterocycles. The number of carboxylic acid groups (broad SMARTS) is 1. The molecule has 2 rings (SSSR count). The Labute approximate surface area is 118 Å². The van der Waals surface area contributed by atoms with Crippen LogP contribution in [0, 0.1) is 6.92 Å². The second-order valence-corrected chi connectivity index (χ2v) is 4.24. The highest BCUT2D eigenvalue weighted by atomic mass is 16.5. The molecule has 2 aromatic rings. The van der Waals surface area contributed by atoms with Gasteiger partial charge in [0.15, 0.2) is 11.5 Å². The normalized spacial score (nSPS) is 10.6. The van der Waals surface area contributed by atoms with Crippen molar-refractivity contribution in [1.82, 2.24) is 20.2 Å². The molecule has 0 aliphatic rings. The van der Waals surface area contributed by atoms with Gasteiger partial charge < -0.3 is 20.7 Å². The lowest BCUT2D eigenvalue weighted by molar-refractivity contribution is -0.116. The Balaban J connectivity index is 1.96. The number of carboxylic acids is 1. The highest BCUT2D eigenvalue weighted by molar-refractivity contribution is 5.89. The number of nitrogens with zero attached hydrogens (tertiary/aromatic N) is 4. The molecule has 0 fully saturated rings. The van der Waals surface area contributed by atoms with Crippen LogP contribution in [0.25, 0.3) is 0 Å². The number of amides is 1. The number of nitrogens with two attached hydrogens (primary N) is 1. The van der Waals surface area contributed by atoms with Gasteiger partial charge in [-0.1, -0.05) is 10.4 Å². The molecule has 0 atom stereocenters. The first-order chi connectivity index (χ1) is 10.0. The van der Waals surface area contributed by atoms with E-state index in [4.69, 9.17) is 15.4 Å². The Bertz CT molecular complexity index is 661. The Morgan fingerprint density at radius 1 is 1.52 bits per heavy atom. The van der Waals surface area contributed by atoms with Crippen molar-refractivity contribution in [3.8, 4) is 0 Å². The topological polar surface area (TPSA) is 149 Å². The number of hydrogen-bond donors (Lipinski definition) is 3. The SMILES string of the molecule is Cc1cc(NC(=O)CCn2nnc(C(=O)O)c2CN)no1. The fraction of sp³-hybridized carbons (Fsp3) is 0.364. The van der Waals surface area contributed by atoms with Crippen LogP contribution in [0.1, 0.15) is 28.4 Å². The summed E-state index contributed by atoms with van der Waals surface area (Å²) >= 11 is 0. The third-order valence-electron chi connectivity index (χ3n) is 2.68. The second-order valence-electron chi connectivity index (χ2n) is 4.24. The number of carbonyl (C=O) groups is 2. The molecule has 10 heteroatoms. The minimum absolute atomic E-state index is 0.0290. The third kappa shape index (κ3) is 3.42. The van der Waals surface area contributed by atoms with E-state index in [2.05, 4.69) is 20.8 Å². The first-order valence-corrected chi connectivity index (χ1v) is 6.10. The highest BCUT2D eigenvalue weighted by Gasteiger charge is 2.18. The summed E-state index contributed by atoms with van der Waals surface area (Å²) in [5.41, 5.74) is 5.55. The van der Waals surface area contributed by atoms with Crippen molar-refractivity contribution in [1.29, 1.82) is 0 Å².